The molecule has 1 aliphatic rings. The van der Waals surface area contributed by atoms with Gasteiger partial charge in [0.1, 0.15) is 0 Å². The number of halogens is 2. The number of rotatable bonds is 4. The van der Waals surface area contributed by atoms with E-state index in [0.717, 1.165) is 29.5 Å². The first-order valence-electron chi connectivity index (χ1n) is 7.76. The van der Waals surface area contributed by atoms with Crippen molar-refractivity contribution in [2.24, 2.45) is 5.73 Å². The third kappa shape index (κ3) is 3.80. The fourth-order valence-corrected chi connectivity index (χ4v) is 3.78. The van der Waals surface area contributed by atoms with Crippen LogP contribution in [0.1, 0.15) is 31.2 Å². The number of hydrogen-bond donors (Lipinski definition) is 1. The molecule has 22 heavy (non-hydrogen) atoms. The van der Waals surface area contributed by atoms with Gasteiger partial charge >= 0.3 is 0 Å². The highest BCUT2D eigenvalue weighted by molar-refractivity contribution is 9.10. The average Bonchev–Trinajstić information content (AvgIpc) is 2.52. The van der Waals surface area contributed by atoms with E-state index in [1.807, 2.05) is 12.3 Å². The molecule has 5 heteroatoms. The third-order valence-corrected chi connectivity index (χ3v) is 5.11. The summed E-state index contributed by atoms with van der Waals surface area (Å²) in [6, 6.07) is 9.10. The quantitative estimate of drug-likeness (QED) is 0.862. The van der Waals surface area contributed by atoms with Crippen LogP contribution in [0.2, 0.25) is 0 Å². The number of benzene rings is 1. The number of hydrogen-bond acceptors (Lipinski definition) is 3. The summed E-state index contributed by atoms with van der Waals surface area (Å²) in [5, 5.41) is 1.20. The second-order valence-corrected chi connectivity index (χ2v) is 6.66. The SMILES string of the molecule is Cl.NCCC1CCCCN1Cc1ccc(Br)c2cccnc12. The van der Waals surface area contributed by atoms with Gasteiger partial charge in [0.15, 0.2) is 0 Å². The highest BCUT2D eigenvalue weighted by atomic mass is 79.9. The third-order valence-electron chi connectivity index (χ3n) is 4.42. The van der Waals surface area contributed by atoms with E-state index < -0.39 is 0 Å². The number of nitrogens with two attached hydrogens (primary N) is 1. The van der Waals surface area contributed by atoms with E-state index in [1.165, 1.54) is 36.8 Å². The molecule has 0 saturated carbocycles. The molecule has 1 unspecified atom stereocenters. The summed E-state index contributed by atoms with van der Waals surface area (Å²) < 4.78 is 1.12. The Bertz CT molecular complexity index is 618. The molecule has 0 radical (unpaired) electrons. The van der Waals surface area contributed by atoms with Crippen LogP contribution in [-0.2, 0) is 6.54 Å². The fourth-order valence-electron chi connectivity index (χ4n) is 3.33. The lowest BCUT2D eigenvalue weighted by molar-refractivity contribution is 0.134. The van der Waals surface area contributed by atoms with Crippen molar-refractivity contribution in [1.82, 2.24) is 9.88 Å². The molecule has 0 bridgehead atoms. The summed E-state index contributed by atoms with van der Waals surface area (Å²) in [6.07, 6.45) is 6.89. The molecule has 1 aromatic carbocycles. The normalized spacial score (nSPS) is 19.1. The van der Waals surface area contributed by atoms with Crippen LogP contribution in [0.25, 0.3) is 10.9 Å². The molecule has 0 spiro atoms. The van der Waals surface area contributed by atoms with E-state index in [-0.39, 0.29) is 12.4 Å². The maximum absolute atomic E-state index is 5.78. The van der Waals surface area contributed by atoms with Gasteiger partial charge in [-0.2, -0.15) is 0 Å². The van der Waals surface area contributed by atoms with Gasteiger partial charge in [-0.05, 0) is 50.0 Å². The number of piperidine rings is 1. The standard InChI is InChI=1S/C17H22BrN3.ClH/c18-16-7-6-13(17-15(16)5-3-10-20-17)12-21-11-2-1-4-14(21)8-9-19;/h3,5-7,10,14H,1-2,4,8-9,11-12,19H2;1H. The summed E-state index contributed by atoms with van der Waals surface area (Å²) >= 11 is 3.62. The minimum absolute atomic E-state index is 0. The number of likely N-dealkylation sites (tertiary alicyclic amines) is 1. The van der Waals surface area contributed by atoms with Crippen LogP contribution < -0.4 is 5.73 Å². The summed E-state index contributed by atoms with van der Waals surface area (Å²) in [5.74, 6) is 0. The molecular weight excluding hydrogens is 362 g/mol. The second kappa shape index (κ2) is 8.25. The van der Waals surface area contributed by atoms with E-state index in [9.17, 15) is 0 Å². The smallest absolute Gasteiger partial charge is 0.0758 e. The van der Waals surface area contributed by atoms with Crippen LogP contribution in [-0.4, -0.2) is 29.0 Å². The first kappa shape index (κ1) is 17.7. The molecule has 1 aromatic heterocycles. The molecule has 1 atom stereocenters. The molecule has 1 aliphatic heterocycles. The summed E-state index contributed by atoms with van der Waals surface area (Å²) in [4.78, 5) is 7.19. The maximum Gasteiger partial charge on any atom is 0.0758 e. The molecule has 1 saturated heterocycles. The Morgan fingerprint density at radius 3 is 2.95 bits per heavy atom. The van der Waals surface area contributed by atoms with Gasteiger partial charge in [-0.1, -0.05) is 34.5 Å². The van der Waals surface area contributed by atoms with Gasteiger partial charge in [-0.3, -0.25) is 9.88 Å². The van der Waals surface area contributed by atoms with Gasteiger partial charge in [0.25, 0.3) is 0 Å². The molecular formula is C17H23BrClN3. The van der Waals surface area contributed by atoms with Gasteiger partial charge in [-0.15, -0.1) is 12.4 Å². The lowest BCUT2D eigenvalue weighted by Crippen LogP contribution is -2.40. The van der Waals surface area contributed by atoms with Crippen LogP contribution in [0, 0.1) is 0 Å². The molecule has 120 valence electrons. The molecule has 0 amide bonds. The lowest BCUT2D eigenvalue weighted by atomic mass is 9.98. The highest BCUT2D eigenvalue weighted by Gasteiger charge is 2.22. The average molecular weight is 385 g/mol. The van der Waals surface area contributed by atoms with Gasteiger partial charge in [-0.25, -0.2) is 0 Å². The zero-order valence-corrected chi connectivity index (χ0v) is 15.1. The topological polar surface area (TPSA) is 42.1 Å². The lowest BCUT2D eigenvalue weighted by Gasteiger charge is -2.35. The van der Waals surface area contributed by atoms with E-state index in [4.69, 9.17) is 5.73 Å². The van der Waals surface area contributed by atoms with Crippen molar-refractivity contribution < 1.29 is 0 Å². The fraction of sp³-hybridized carbons (Fsp3) is 0.471. The van der Waals surface area contributed by atoms with Crippen molar-refractivity contribution in [3.63, 3.8) is 0 Å². The largest absolute Gasteiger partial charge is 0.330 e. The molecule has 2 aromatic rings. The van der Waals surface area contributed by atoms with Gasteiger partial charge in [0.2, 0.25) is 0 Å². The van der Waals surface area contributed by atoms with E-state index >= 15 is 0 Å². The van der Waals surface area contributed by atoms with E-state index in [0.29, 0.717) is 6.04 Å². The Morgan fingerprint density at radius 1 is 1.27 bits per heavy atom. The monoisotopic (exact) mass is 383 g/mol. The first-order chi connectivity index (χ1) is 10.3. The Hall–Kier alpha value is -0.680. The highest BCUT2D eigenvalue weighted by Crippen LogP contribution is 2.28. The van der Waals surface area contributed by atoms with E-state index in [2.05, 4.69) is 44.0 Å². The summed E-state index contributed by atoms with van der Waals surface area (Å²) in [7, 11) is 0. The number of aromatic nitrogens is 1. The summed E-state index contributed by atoms with van der Waals surface area (Å²) in [5.41, 5.74) is 8.21. The zero-order valence-electron chi connectivity index (χ0n) is 12.7. The number of fused-ring (bicyclic) bond motifs is 1. The Kier molecular flexibility index (Phi) is 6.63. The van der Waals surface area contributed by atoms with Crippen molar-refractivity contribution in [3.8, 4) is 0 Å². The predicted octanol–water partition coefficient (Wildman–Crippen LogP) is 4.12. The van der Waals surface area contributed by atoms with Crippen LogP contribution in [0.4, 0.5) is 0 Å². The Morgan fingerprint density at radius 2 is 2.14 bits per heavy atom. The molecule has 3 rings (SSSR count). The van der Waals surface area contributed by atoms with Crippen molar-refractivity contribution in [3.05, 3.63) is 40.5 Å². The van der Waals surface area contributed by atoms with E-state index in [1.54, 1.807) is 0 Å². The van der Waals surface area contributed by atoms with Crippen LogP contribution >= 0.6 is 28.3 Å². The number of pyridine rings is 1. The minimum Gasteiger partial charge on any atom is -0.330 e. The molecule has 2 N–H and O–H groups in total. The van der Waals surface area contributed by atoms with Crippen LogP contribution in [0.5, 0.6) is 0 Å². The number of nitrogens with zero attached hydrogens (tertiary/aromatic N) is 2. The predicted molar refractivity (Wildman–Crippen MR) is 98.4 cm³/mol. The summed E-state index contributed by atoms with van der Waals surface area (Å²) in [6.45, 7) is 2.93. The first-order valence-corrected chi connectivity index (χ1v) is 8.55. The van der Waals surface area contributed by atoms with Gasteiger partial charge in [0, 0.05) is 28.6 Å². The van der Waals surface area contributed by atoms with Crippen LogP contribution in [0.15, 0.2) is 34.9 Å². The molecule has 2 heterocycles. The molecule has 3 nitrogen and oxygen atoms in total. The van der Waals surface area contributed by atoms with Crippen LogP contribution in [0.3, 0.4) is 0 Å². The minimum atomic E-state index is 0. The van der Waals surface area contributed by atoms with Crippen molar-refractivity contribution in [2.45, 2.75) is 38.3 Å². The Labute approximate surface area is 146 Å². The van der Waals surface area contributed by atoms with Crippen molar-refractivity contribution in [1.29, 1.82) is 0 Å². The maximum atomic E-state index is 5.78. The zero-order chi connectivity index (χ0) is 14.7. The molecule has 0 aliphatic carbocycles. The van der Waals surface area contributed by atoms with Crippen molar-refractivity contribution >= 4 is 39.2 Å². The van der Waals surface area contributed by atoms with Gasteiger partial charge < -0.3 is 5.73 Å². The van der Waals surface area contributed by atoms with Gasteiger partial charge in [0.05, 0.1) is 5.52 Å². The molecule has 1 fully saturated rings. The second-order valence-electron chi connectivity index (χ2n) is 5.80. The Balaban J connectivity index is 0.00000176. The van der Waals surface area contributed by atoms with Crippen molar-refractivity contribution in [2.75, 3.05) is 13.1 Å².